The van der Waals surface area contributed by atoms with Crippen LogP contribution in [0.1, 0.15) is 27.4 Å². The van der Waals surface area contributed by atoms with Crippen LogP contribution in [0.4, 0.5) is 13.2 Å². The van der Waals surface area contributed by atoms with E-state index in [2.05, 4.69) is 4.98 Å². The van der Waals surface area contributed by atoms with Crippen molar-refractivity contribution in [2.75, 3.05) is 13.1 Å². The number of carbonyl (C=O) groups is 1. The zero-order valence-electron chi connectivity index (χ0n) is 13.1. The van der Waals surface area contributed by atoms with E-state index < -0.39 is 23.7 Å². The average molecular weight is 340 g/mol. The molecule has 2 aromatic rings. The number of aryl methyl sites for hydroxylation is 2. The summed E-state index contributed by atoms with van der Waals surface area (Å²) in [6, 6.07) is 3.77. The van der Waals surface area contributed by atoms with E-state index >= 15 is 0 Å². The lowest BCUT2D eigenvalue weighted by molar-refractivity contribution is -0.140. The highest BCUT2D eigenvalue weighted by Gasteiger charge is 2.39. The summed E-state index contributed by atoms with van der Waals surface area (Å²) >= 11 is 0. The molecule has 0 aliphatic carbocycles. The molecule has 0 aromatic carbocycles. The number of likely N-dealkylation sites (tertiary alicyclic amines) is 1. The van der Waals surface area contributed by atoms with Gasteiger partial charge in [-0.25, -0.2) is 4.98 Å². The van der Waals surface area contributed by atoms with Crippen LogP contribution in [0, 0.1) is 13.8 Å². The number of rotatable bonds is 3. The van der Waals surface area contributed by atoms with E-state index in [1.54, 1.807) is 19.9 Å². The summed E-state index contributed by atoms with van der Waals surface area (Å²) in [7, 11) is 0. The first kappa shape index (κ1) is 16.4. The summed E-state index contributed by atoms with van der Waals surface area (Å²) in [5.41, 5.74) is -0.462. The molecule has 3 rings (SSSR count). The van der Waals surface area contributed by atoms with Crippen molar-refractivity contribution in [2.24, 2.45) is 0 Å². The third-order valence-corrected chi connectivity index (χ3v) is 3.76. The molecular weight excluding hydrogens is 325 g/mol. The van der Waals surface area contributed by atoms with Crippen molar-refractivity contribution in [1.82, 2.24) is 9.88 Å². The van der Waals surface area contributed by atoms with E-state index in [0.717, 1.165) is 6.07 Å². The molecule has 1 saturated heterocycles. The fraction of sp³-hybridized carbons (Fsp3) is 0.375. The van der Waals surface area contributed by atoms with Crippen molar-refractivity contribution in [3.05, 3.63) is 47.0 Å². The van der Waals surface area contributed by atoms with Gasteiger partial charge in [0.25, 0.3) is 5.91 Å². The summed E-state index contributed by atoms with van der Waals surface area (Å²) in [4.78, 5) is 17.5. The Morgan fingerprint density at radius 1 is 1.38 bits per heavy atom. The number of halogens is 3. The van der Waals surface area contributed by atoms with Gasteiger partial charge in [0.2, 0.25) is 5.88 Å². The van der Waals surface area contributed by atoms with E-state index in [4.69, 9.17) is 9.15 Å². The topological polar surface area (TPSA) is 55.6 Å². The predicted molar refractivity (Wildman–Crippen MR) is 77.7 cm³/mol. The van der Waals surface area contributed by atoms with Gasteiger partial charge in [-0.1, -0.05) is 0 Å². The molecule has 5 nitrogen and oxygen atoms in total. The van der Waals surface area contributed by atoms with Gasteiger partial charge in [-0.2, -0.15) is 13.2 Å². The molecule has 2 aromatic heterocycles. The normalized spacial score (nSPS) is 15.3. The number of nitrogens with zero attached hydrogens (tertiary/aromatic N) is 2. The monoisotopic (exact) mass is 340 g/mol. The molecule has 1 fully saturated rings. The molecule has 0 N–H and O–H groups in total. The maximum atomic E-state index is 12.9. The molecule has 0 spiro atoms. The first-order valence-electron chi connectivity index (χ1n) is 7.31. The van der Waals surface area contributed by atoms with Gasteiger partial charge in [-0.3, -0.25) is 4.79 Å². The maximum absolute atomic E-state index is 12.9. The van der Waals surface area contributed by atoms with Crippen molar-refractivity contribution in [2.45, 2.75) is 26.1 Å². The van der Waals surface area contributed by atoms with Gasteiger partial charge >= 0.3 is 6.18 Å². The number of hydrogen-bond acceptors (Lipinski definition) is 4. The summed E-state index contributed by atoms with van der Waals surface area (Å²) in [5, 5.41) is 0. The smallest absolute Gasteiger partial charge is 0.421 e. The van der Waals surface area contributed by atoms with Gasteiger partial charge < -0.3 is 14.1 Å². The minimum Gasteiger partial charge on any atom is -0.470 e. The molecule has 0 unspecified atom stereocenters. The quantitative estimate of drug-likeness (QED) is 0.861. The van der Waals surface area contributed by atoms with Crippen molar-refractivity contribution < 1.29 is 27.1 Å². The second kappa shape index (κ2) is 5.85. The Labute approximate surface area is 136 Å². The minimum absolute atomic E-state index is 0.205. The van der Waals surface area contributed by atoms with Crippen LogP contribution in [-0.4, -0.2) is 35.0 Å². The van der Waals surface area contributed by atoms with Gasteiger partial charge in [0, 0.05) is 6.20 Å². The van der Waals surface area contributed by atoms with Crippen LogP contribution in [0.5, 0.6) is 5.88 Å². The highest BCUT2D eigenvalue weighted by atomic mass is 19.4. The van der Waals surface area contributed by atoms with Crippen LogP contribution >= 0.6 is 0 Å². The van der Waals surface area contributed by atoms with Crippen LogP contribution in [0.25, 0.3) is 0 Å². The SMILES string of the molecule is Cc1cc(C(=O)N2CC(Oc3ncccc3C(F)(F)F)C2)c(C)o1. The molecule has 1 amide bonds. The molecule has 1 aliphatic heterocycles. The predicted octanol–water partition coefficient (Wildman–Crippen LogP) is 3.21. The Hall–Kier alpha value is -2.51. The van der Waals surface area contributed by atoms with E-state index in [-0.39, 0.29) is 19.0 Å². The molecule has 0 bridgehead atoms. The number of pyridine rings is 1. The Morgan fingerprint density at radius 2 is 2.08 bits per heavy atom. The van der Waals surface area contributed by atoms with Crippen LogP contribution < -0.4 is 4.74 Å². The van der Waals surface area contributed by atoms with E-state index in [0.29, 0.717) is 17.1 Å². The van der Waals surface area contributed by atoms with Crippen molar-refractivity contribution in [3.63, 3.8) is 0 Å². The number of alkyl halides is 3. The molecular formula is C16H15F3N2O3. The number of ether oxygens (including phenoxy) is 1. The molecule has 8 heteroatoms. The molecule has 0 radical (unpaired) electrons. The fourth-order valence-electron chi connectivity index (χ4n) is 2.55. The summed E-state index contributed by atoms with van der Waals surface area (Å²) in [6.07, 6.45) is -3.81. The second-order valence-corrected chi connectivity index (χ2v) is 5.63. The van der Waals surface area contributed by atoms with E-state index in [9.17, 15) is 18.0 Å². The van der Waals surface area contributed by atoms with Gasteiger partial charge in [-0.15, -0.1) is 0 Å². The molecule has 128 valence electrons. The molecule has 1 aliphatic rings. The number of aromatic nitrogens is 1. The Morgan fingerprint density at radius 3 is 2.67 bits per heavy atom. The van der Waals surface area contributed by atoms with Crippen LogP contribution in [-0.2, 0) is 6.18 Å². The van der Waals surface area contributed by atoms with Crippen molar-refractivity contribution >= 4 is 5.91 Å². The lowest BCUT2D eigenvalue weighted by atomic mass is 10.1. The summed E-state index contributed by atoms with van der Waals surface area (Å²) in [6.45, 7) is 3.84. The third-order valence-electron chi connectivity index (χ3n) is 3.76. The zero-order valence-corrected chi connectivity index (χ0v) is 13.1. The Bertz CT molecular complexity index is 764. The molecule has 24 heavy (non-hydrogen) atoms. The lowest BCUT2D eigenvalue weighted by Crippen LogP contribution is -2.56. The maximum Gasteiger partial charge on any atom is 0.421 e. The first-order chi connectivity index (χ1) is 11.3. The van der Waals surface area contributed by atoms with Crippen LogP contribution in [0.3, 0.4) is 0 Å². The fourth-order valence-corrected chi connectivity index (χ4v) is 2.55. The zero-order chi connectivity index (χ0) is 17.5. The number of amides is 1. The molecule has 3 heterocycles. The van der Waals surface area contributed by atoms with Gasteiger partial charge in [0.05, 0.1) is 18.7 Å². The van der Waals surface area contributed by atoms with Crippen LogP contribution in [0.15, 0.2) is 28.8 Å². The second-order valence-electron chi connectivity index (χ2n) is 5.63. The minimum atomic E-state index is -4.53. The van der Waals surface area contributed by atoms with Crippen molar-refractivity contribution in [1.29, 1.82) is 0 Å². The number of carbonyl (C=O) groups excluding carboxylic acids is 1. The standard InChI is InChI=1S/C16H15F3N2O3/c1-9-6-12(10(2)23-9)15(22)21-7-11(8-21)24-14-13(16(17,18)19)4-3-5-20-14/h3-6,11H,7-8H2,1-2H3. The largest absolute Gasteiger partial charge is 0.470 e. The van der Waals surface area contributed by atoms with Crippen LogP contribution in [0.2, 0.25) is 0 Å². The average Bonchev–Trinajstić information content (AvgIpc) is 2.80. The van der Waals surface area contributed by atoms with Gasteiger partial charge in [-0.05, 0) is 32.0 Å². The highest BCUT2D eigenvalue weighted by Crippen LogP contribution is 2.35. The van der Waals surface area contributed by atoms with Gasteiger partial charge in [0.15, 0.2) is 0 Å². The summed E-state index contributed by atoms with van der Waals surface area (Å²) in [5.74, 6) is 0.470. The van der Waals surface area contributed by atoms with E-state index in [1.807, 2.05) is 0 Å². The molecule has 0 atom stereocenters. The number of hydrogen-bond donors (Lipinski definition) is 0. The highest BCUT2D eigenvalue weighted by molar-refractivity contribution is 5.95. The van der Waals surface area contributed by atoms with Gasteiger partial charge in [0.1, 0.15) is 23.2 Å². The molecule has 0 saturated carbocycles. The summed E-state index contributed by atoms with van der Waals surface area (Å²) < 4.78 is 49.3. The van der Waals surface area contributed by atoms with Crippen molar-refractivity contribution in [3.8, 4) is 5.88 Å². The lowest BCUT2D eigenvalue weighted by Gasteiger charge is -2.38. The Kier molecular flexibility index (Phi) is 3.98. The Balaban J connectivity index is 1.64. The first-order valence-corrected chi connectivity index (χ1v) is 7.31. The number of furan rings is 1. The third kappa shape index (κ3) is 3.08. The van der Waals surface area contributed by atoms with E-state index in [1.165, 1.54) is 17.2 Å².